The number of aryl methyl sites for hydroxylation is 1. The SMILES string of the molecule is Cc1cc(C=CC(=O)NNC(=O)c2ccc[nH]2)c(C)n1-c1ccccc1. The number of benzene rings is 1. The average molecular weight is 348 g/mol. The van der Waals surface area contributed by atoms with E-state index in [2.05, 4.69) is 20.4 Å². The van der Waals surface area contributed by atoms with Crippen LogP contribution < -0.4 is 10.9 Å². The quantitative estimate of drug-likeness (QED) is 0.501. The molecule has 3 N–H and O–H groups in total. The third-order valence-electron chi connectivity index (χ3n) is 4.04. The molecule has 6 nitrogen and oxygen atoms in total. The summed E-state index contributed by atoms with van der Waals surface area (Å²) < 4.78 is 2.13. The zero-order valence-electron chi connectivity index (χ0n) is 14.6. The summed E-state index contributed by atoms with van der Waals surface area (Å²) in [6, 6.07) is 15.4. The summed E-state index contributed by atoms with van der Waals surface area (Å²) in [5.74, 6) is -0.812. The van der Waals surface area contributed by atoms with Crippen LogP contribution in [0.25, 0.3) is 11.8 Å². The first-order valence-corrected chi connectivity index (χ1v) is 8.22. The minimum Gasteiger partial charge on any atom is -0.357 e. The lowest BCUT2D eigenvalue weighted by atomic mass is 10.2. The number of hydrazine groups is 1. The van der Waals surface area contributed by atoms with Gasteiger partial charge in [-0.1, -0.05) is 18.2 Å². The standard InChI is InChI=1S/C20H20N4O2/c1-14-13-16(15(2)24(14)17-7-4-3-5-8-17)10-11-19(25)22-23-20(26)18-9-6-12-21-18/h3-13,21H,1-2H3,(H,22,25)(H,23,26). The van der Waals surface area contributed by atoms with Gasteiger partial charge in [0.2, 0.25) is 0 Å². The van der Waals surface area contributed by atoms with E-state index in [1.165, 1.54) is 6.08 Å². The first-order valence-electron chi connectivity index (χ1n) is 8.22. The van der Waals surface area contributed by atoms with Gasteiger partial charge in [0.05, 0.1) is 0 Å². The van der Waals surface area contributed by atoms with Gasteiger partial charge in [-0.3, -0.25) is 20.4 Å². The largest absolute Gasteiger partial charge is 0.357 e. The van der Waals surface area contributed by atoms with Crippen LogP contribution in [-0.4, -0.2) is 21.4 Å². The fourth-order valence-electron chi connectivity index (χ4n) is 2.80. The number of hydrogen-bond donors (Lipinski definition) is 3. The molecule has 0 atom stereocenters. The number of aromatic amines is 1. The van der Waals surface area contributed by atoms with Gasteiger partial charge in [0.25, 0.3) is 11.8 Å². The van der Waals surface area contributed by atoms with E-state index in [-0.39, 0.29) is 0 Å². The highest BCUT2D eigenvalue weighted by atomic mass is 16.2. The van der Waals surface area contributed by atoms with E-state index in [9.17, 15) is 9.59 Å². The Morgan fingerprint density at radius 1 is 1.04 bits per heavy atom. The van der Waals surface area contributed by atoms with Crippen LogP contribution in [-0.2, 0) is 4.79 Å². The molecule has 0 bridgehead atoms. The van der Waals surface area contributed by atoms with Crippen LogP contribution in [0.15, 0.2) is 60.8 Å². The van der Waals surface area contributed by atoms with Crippen LogP contribution in [0.1, 0.15) is 27.4 Å². The molecule has 26 heavy (non-hydrogen) atoms. The lowest BCUT2D eigenvalue weighted by Gasteiger charge is -2.09. The van der Waals surface area contributed by atoms with Crippen molar-refractivity contribution in [2.24, 2.45) is 0 Å². The van der Waals surface area contributed by atoms with Gasteiger partial charge < -0.3 is 9.55 Å². The van der Waals surface area contributed by atoms with Crippen molar-refractivity contribution >= 4 is 17.9 Å². The minimum atomic E-state index is -0.408. The molecule has 1 aromatic carbocycles. The molecule has 6 heteroatoms. The Bertz CT molecular complexity index is 938. The van der Waals surface area contributed by atoms with Crippen LogP contribution in [0.3, 0.4) is 0 Å². The van der Waals surface area contributed by atoms with E-state index in [0.29, 0.717) is 5.69 Å². The Hall–Kier alpha value is -3.54. The van der Waals surface area contributed by atoms with Gasteiger partial charge in [-0.05, 0) is 55.8 Å². The first-order chi connectivity index (χ1) is 12.6. The third kappa shape index (κ3) is 3.75. The summed E-state index contributed by atoms with van der Waals surface area (Å²) >= 11 is 0. The van der Waals surface area contributed by atoms with E-state index in [1.54, 1.807) is 24.4 Å². The molecular weight excluding hydrogens is 328 g/mol. The van der Waals surface area contributed by atoms with E-state index < -0.39 is 11.8 Å². The summed E-state index contributed by atoms with van der Waals surface area (Å²) in [7, 11) is 0. The summed E-state index contributed by atoms with van der Waals surface area (Å²) in [6.07, 6.45) is 4.77. The maximum atomic E-state index is 11.9. The minimum absolute atomic E-state index is 0.376. The normalized spacial score (nSPS) is 10.8. The van der Waals surface area contributed by atoms with Crippen molar-refractivity contribution in [3.63, 3.8) is 0 Å². The number of carbonyl (C=O) groups is 2. The Morgan fingerprint density at radius 2 is 1.81 bits per heavy atom. The van der Waals surface area contributed by atoms with Crippen molar-refractivity contribution in [3.8, 4) is 5.69 Å². The van der Waals surface area contributed by atoms with Crippen LogP contribution in [0.4, 0.5) is 0 Å². The molecule has 2 aromatic heterocycles. The predicted molar refractivity (Wildman–Crippen MR) is 101 cm³/mol. The van der Waals surface area contributed by atoms with Gasteiger partial charge in [0, 0.05) is 29.3 Å². The molecule has 132 valence electrons. The molecule has 3 rings (SSSR count). The number of aromatic nitrogens is 2. The number of nitrogens with one attached hydrogen (secondary N) is 3. The molecule has 2 amide bonds. The van der Waals surface area contributed by atoms with Crippen LogP contribution >= 0.6 is 0 Å². The highest BCUT2D eigenvalue weighted by Gasteiger charge is 2.09. The number of rotatable bonds is 4. The fraction of sp³-hybridized carbons (Fsp3) is 0.100. The van der Waals surface area contributed by atoms with Crippen molar-refractivity contribution in [3.05, 3.63) is 83.4 Å². The molecule has 0 aliphatic rings. The summed E-state index contributed by atoms with van der Waals surface area (Å²) in [6.45, 7) is 4.03. The number of amides is 2. The molecule has 0 aliphatic heterocycles. The number of H-pyrrole nitrogens is 1. The monoisotopic (exact) mass is 348 g/mol. The Balaban J connectivity index is 1.67. The number of para-hydroxylation sites is 1. The van der Waals surface area contributed by atoms with Gasteiger partial charge in [-0.25, -0.2) is 0 Å². The predicted octanol–water partition coefficient (Wildman–Crippen LogP) is 2.90. The maximum Gasteiger partial charge on any atom is 0.286 e. The number of hydrogen-bond acceptors (Lipinski definition) is 2. The molecule has 0 radical (unpaired) electrons. The van der Waals surface area contributed by atoms with Gasteiger partial charge in [0.15, 0.2) is 0 Å². The second-order valence-corrected chi connectivity index (χ2v) is 5.86. The molecule has 0 unspecified atom stereocenters. The van der Waals surface area contributed by atoms with Gasteiger partial charge in [0.1, 0.15) is 5.69 Å². The van der Waals surface area contributed by atoms with E-state index in [4.69, 9.17) is 0 Å². The van der Waals surface area contributed by atoms with Crippen LogP contribution in [0.5, 0.6) is 0 Å². The number of nitrogens with zero attached hydrogens (tertiary/aromatic N) is 1. The highest BCUT2D eigenvalue weighted by molar-refractivity contribution is 5.97. The molecule has 0 saturated heterocycles. The summed E-state index contributed by atoms with van der Waals surface area (Å²) in [4.78, 5) is 26.5. The van der Waals surface area contributed by atoms with Crippen molar-refractivity contribution in [1.29, 1.82) is 0 Å². The lowest BCUT2D eigenvalue weighted by molar-refractivity contribution is -0.117. The third-order valence-corrected chi connectivity index (χ3v) is 4.04. The molecule has 2 heterocycles. The van der Waals surface area contributed by atoms with E-state index >= 15 is 0 Å². The van der Waals surface area contributed by atoms with Crippen molar-refractivity contribution in [2.75, 3.05) is 0 Å². The maximum absolute atomic E-state index is 11.9. The molecule has 0 spiro atoms. The zero-order valence-corrected chi connectivity index (χ0v) is 14.6. The Labute approximate surface area is 151 Å². The molecule has 3 aromatic rings. The van der Waals surface area contributed by atoms with Crippen LogP contribution in [0, 0.1) is 13.8 Å². The Kier molecular flexibility index (Phi) is 5.03. The van der Waals surface area contributed by atoms with Gasteiger partial charge >= 0.3 is 0 Å². The molecular formula is C20H20N4O2. The number of carbonyl (C=O) groups excluding carboxylic acids is 2. The van der Waals surface area contributed by atoms with Gasteiger partial charge in [-0.15, -0.1) is 0 Å². The average Bonchev–Trinajstić information content (AvgIpc) is 3.27. The Morgan fingerprint density at radius 3 is 2.50 bits per heavy atom. The highest BCUT2D eigenvalue weighted by Crippen LogP contribution is 2.21. The fourth-order valence-corrected chi connectivity index (χ4v) is 2.80. The smallest absolute Gasteiger partial charge is 0.286 e. The second-order valence-electron chi connectivity index (χ2n) is 5.86. The topological polar surface area (TPSA) is 78.9 Å². The van der Waals surface area contributed by atoms with Crippen molar-refractivity contribution in [1.82, 2.24) is 20.4 Å². The summed E-state index contributed by atoms with van der Waals surface area (Å²) in [5, 5.41) is 0. The van der Waals surface area contributed by atoms with Crippen LogP contribution in [0.2, 0.25) is 0 Å². The first kappa shape index (κ1) is 17.3. The van der Waals surface area contributed by atoms with Crippen molar-refractivity contribution < 1.29 is 9.59 Å². The molecule has 0 aliphatic carbocycles. The van der Waals surface area contributed by atoms with E-state index in [0.717, 1.165) is 22.6 Å². The molecule has 0 fully saturated rings. The van der Waals surface area contributed by atoms with E-state index in [1.807, 2.05) is 50.2 Å². The summed E-state index contributed by atoms with van der Waals surface area (Å²) in [5.41, 5.74) is 9.22. The second kappa shape index (κ2) is 7.57. The molecule has 0 saturated carbocycles. The zero-order chi connectivity index (χ0) is 18.5. The lowest BCUT2D eigenvalue weighted by Crippen LogP contribution is -2.40. The van der Waals surface area contributed by atoms with Crippen molar-refractivity contribution in [2.45, 2.75) is 13.8 Å². The van der Waals surface area contributed by atoms with Gasteiger partial charge in [-0.2, -0.15) is 0 Å².